The number of carbonyl (C=O) groups is 1. The first kappa shape index (κ1) is 10.5. The molecule has 0 aromatic heterocycles. The Morgan fingerprint density at radius 2 is 2.31 bits per heavy atom. The molecular formula is C9H18N2O2. The Morgan fingerprint density at radius 1 is 1.69 bits per heavy atom. The van der Waals surface area contributed by atoms with Crippen molar-refractivity contribution in [2.45, 2.75) is 50.8 Å². The number of aliphatic hydroxyl groups is 1. The number of nitrogens with one attached hydrogen (secondary N) is 1. The highest BCUT2D eigenvalue weighted by Crippen LogP contribution is 2.19. The summed E-state index contributed by atoms with van der Waals surface area (Å²) in [6.45, 7) is 2.00. The van der Waals surface area contributed by atoms with E-state index in [1.807, 2.05) is 6.92 Å². The van der Waals surface area contributed by atoms with Crippen molar-refractivity contribution in [3.63, 3.8) is 0 Å². The highest BCUT2D eigenvalue weighted by atomic mass is 16.3. The lowest BCUT2D eigenvalue weighted by molar-refractivity contribution is -0.124. The molecule has 0 heterocycles. The minimum absolute atomic E-state index is 0.0845. The normalized spacial score (nSPS) is 29.2. The first-order chi connectivity index (χ1) is 6.13. The molecule has 1 rings (SSSR count). The predicted octanol–water partition coefficient (Wildman–Crippen LogP) is -0.247. The van der Waals surface area contributed by atoms with E-state index >= 15 is 0 Å². The van der Waals surface area contributed by atoms with Gasteiger partial charge in [0.2, 0.25) is 5.91 Å². The Bertz CT molecular complexity index is 178. The number of hydrogen-bond acceptors (Lipinski definition) is 3. The average Bonchev–Trinajstić information content (AvgIpc) is 2.02. The van der Waals surface area contributed by atoms with Crippen LogP contribution in [0.2, 0.25) is 0 Å². The molecule has 0 aromatic carbocycles. The van der Waals surface area contributed by atoms with Gasteiger partial charge in [0.15, 0.2) is 0 Å². The monoisotopic (exact) mass is 186 g/mol. The van der Waals surface area contributed by atoms with Gasteiger partial charge in [-0.1, -0.05) is 13.3 Å². The van der Waals surface area contributed by atoms with Crippen LogP contribution in [0.3, 0.4) is 0 Å². The lowest BCUT2D eigenvalue weighted by Crippen LogP contribution is -2.51. The molecule has 1 aliphatic carbocycles. The zero-order valence-electron chi connectivity index (χ0n) is 7.99. The van der Waals surface area contributed by atoms with Crippen molar-refractivity contribution in [1.29, 1.82) is 0 Å². The maximum absolute atomic E-state index is 11.3. The molecule has 0 saturated heterocycles. The van der Waals surface area contributed by atoms with Crippen LogP contribution in [0, 0.1) is 0 Å². The van der Waals surface area contributed by atoms with Gasteiger partial charge in [-0.05, 0) is 19.3 Å². The van der Waals surface area contributed by atoms with Gasteiger partial charge >= 0.3 is 0 Å². The minimum Gasteiger partial charge on any atom is -0.393 e. The van der Waals surface area contributed by atoms with Crippen molar-refractivity contribution in [2.24, 2.45) is 5.73 Å². The fourth-order valence-electron chi connectivity index (χ4n) is 1.46. The van der Waals surface area contributed by atoms with E-state index in [1.54, 1.807) is 0 Å². The number of carbonyl (C=O) groups excluding carboxylic acids is 1. The fourth-order valence-corrected chi connectivity index (χ4v) is 1.46. The van der Waals surface area contributed by atoms with Gasteiger partial charge in [-0.3, -0.25) is 4.79 Å². The topological polar surface area (TPSA) is 75.4 Å². The second kappa shape index (κ2) is 4.58. The minimum atomic E-state index is -0.386. The van der Waals surface area contributed by atoms with Crippen molar-refractivity contribution >= 4 is 5.91 Å². The molecule has 0 unspecified atom stereocenters. The lowest BCUT2D eigenvalue weighted by atomic mass is 9.89. The van der Waals surface area contributed by atoms with Crippen LogP contribution in [-0.4, -0.2) is 29.2 Å². The molecule has 1 aliphatic rings. The average molecular weight is 186 g/mol. The van der Waals surface area contributed by atoms with Crippen molar-refractivity contribution < 1.29 is 9.90 Å². The molecule has 1 amide bonds. The first-order valence-corrected chi connectivity index (χ1v) is 4.87. The molecular weight excluding hydrogens is 168 g/mol. The van der Waals surface area contributed by atoms with Crippen LogP contribution in [0.5, 0.6) is 0 Å². The molecule has 1 atom stereocenters. The third-order valence-corrected chi connectivity index (χ3v) is 2.40. The third kappa shape index (κ3) is 2.97. The maximum Gasteiger partial charge on any atom is 0.237 e. The molecule has 0 aromatic rings. The van der Waals surface area contributed by atoms with E-state index in [0.29, 0.717) is 12.8 Å². The van der Waals surface area contributed by atoms with Gasteiger partial charge in [-0.2, -0.15) is 0 Å². The largest absolute Gasteiger partial charge is 0.393 e. The second-order valence-electron chi connectivity index (χ2n) is 3.73. The van der Waals surface area contributed by atoms with Crippen molar-refractivity contribution in [1.82, 2.24) is 5.32 Å². The van der Waals surface area contributed by atoms with Crippen molar-refractivity contribution in [2.75, 3.05) is 0 Å². The molecule has 1 fully saturated rings. The lowest BCUT2D eigenvalue weighted by Gasteiger charge is -2.32. The Morgan fingerprint density at radius 3 is 2.77 bits per heavy atom. The number of nitrogens with two attached hydrogens (primary N) is 1. The Labute approximate surface area is 78.5 Å². The van der Waals surface area contributed by atoms with Gasteiger partial charge in [0, 0.05) is 6.04 Å². The standard InChI is InChI=1S/C9H18N2O2/c1-2-3-8(10)9(13)11-6-4-7(12)5-6/h6-8,12H,2-5,10H2,1H3,(H,11,13)/t6?,7?,8-/m0/s1. The summed E-state index contributed by atoms with van der Waals surface area (Å²) in [4.78, 5) is 11.3. The first-order valence-electron chi connectivity index (χ1n) is 4.87. The molecule has 0 aliphatic heterocycles. The van der Waals surface area contributed by atoms with Gasteiger partial charge < -0.3 is 16.2 Å². The van der Waals surface area contributed by atoms with Crippen LogP contribution in [0.1, 0.15) is 32.6 Å². The number of amides is 1. The summed E-state index contributed by atoms with van der Waals surface area (Å²) in [7, 11) is 0. The Balaban J connectivity index is 2.17. The van der Waals surface area contributed by atoms with Crippen LogP contribution in [0.4, 0.5) is 0 Å². The van der Waals surface area contributed by atoms with E-state index in [-0.39, 0.29) is 24.1 Å². The summed E-state index contributed by atoms with van der Waals surface area (Å²) >= 11 is 0. The highest BCUT2D eigenvalue weighted by molar-refractivity contribution is 5.81. The zero-order valence-corrected chi connectivity index (χ0v) is 7.99. The highest BCUT2D eigenvalue weighted by Gasteiger charge is 2.29. The van der Waals surface area contributed by atoms with Gasteiger partial charge in [0.1, 0.15) is 0 Å². The summed E-state index contributed by atoms with van der Waals surface area (Å²) in [5.41, 5.74) is 5.61. The fraction of sp³-hybridized carbons (Fsp3) is 0.889. The Hall–Kier alpha value is -0.610. The van der Waals surface area contributed by atoms with Crippen molar-refractivity contribution in [3.8, 4) is 0 Å². The molecule has 1 saturated carbocycles. The summed E-state index contributed by atoms with van der Waals surface area (Å²) in [6, 6.07) is -0.242. The molecule has 76 valence electrons. The number of aliphatic hydroxyl groups excluding tert-OH is 1. The van der Waals surface area contributed by atoms with Gasteiger partial charge in [0.25, 0.3) is 0 Å². The number of hydrogen-bond donors (Lipinski definition) is 3. The molecule has 4 heteroatoms. The van der Waals surface area contributed by atoms with Crippen LogP contribution < -0.4 is 11.1 Å². The van der Waals surface area contributed by atoms with Crippen molar-refractivity contribution in [3.05, 3.63) is 0 Å². The smallest absolute Gasteiger partial charge is 0.237 e. The van der Waals surface area contributed by atoms with E-state index in [9.17, 15) is 4.79 Å². The van der Waals surface area contributed by atoms with Crippen LogP contribution in [0.15, 0.2) is 0 Å². The van der Waals surface area contributed by atoms with Crippen LogP contribution >= 0.6 is 0 Å². The molecule has 0 spiro atoms. The maximum atomic E-state index is 11.3. The molecule has 4 nitrogen and oxygen atoms in total. The quantitative estimate of drug-likeness (QED) is 0.567. The SMILES string of the molecule is CCC[C@H](N)C(=O)NC1CC(O)C1. The van der Waals surface area contributed by atoms with Gasteiger partial charge in [-0.25, -0.2) is 0 Å². The summed E-state index contributed by atoms with van der Waals surface area (Å²) in [5, 5.41) is 11.8. The number of rotatable bonds is 4. The van der Waals surface area contributed by atoms with E-state index in [0.717, 1.165) is 12.8 Å². The second-order valence-corrected chi connectivity index (χ2v) is 3.73. The molecule has 0 radical (unpaired) electrons. The summed E-state index contributed by atoms with van der Waals surface area (Å²) < 4.78 is 0. The van der Waals surface area contributed by atoms with E-state index < -0.39 is 0 Å². The summed E-state index contributed by atoms with van der Waals surface area (Å²) in [5.74, 6) is -0.0845. The third-order valence-electron chi connectivity index (χ3n) is 2.40. The van der Waals surface area contributed by atoms with Crippen LogP contribution in [0.25, 0.3) is 0 Å². The van der Waals surface area contributed by atoms with E-state index in [4.69, 9.17) is 10.8 Å². The van der Waals surface area contributed by atoms with Gasteiger partial charge in [-0.15, -0.1) is 0 Å². The van der Waals surface area contributed by atoms with Crippen LogP contribution in [-0.2, 0) is 4.79 Å². The zero-order chi connectivity index (χ0) is 9.84. The molecule has 0 bridgehead atoms. The van der Waals surface area contributed by atoms with Gasteiger partial charge in [0.05, 0.1) is 12.1 Å². The predicted molar refractivity (Wildman–Crippen MR) is 50.1 cm³/mol. The van der Waals surface area contributed by atoms with E-state index in [2.05, 4.69) is 5.32 Å². The Kier molecular flexibility index (Phi) is 3.69. The molecule has 13 heavy (non-hydrogen) atoms. The van der Waals surface area contributed by atoms with E-state index in [1.165, 1.54) is 0 Å². The summed E-state index contributed by atoms with van der Waals surface area (Å²) in [6.07, 6.45) is 2.76. The molecule has 4 N–H and O–H groups in total.